The van der Waals surface area contributed by atoms with Crippen molar-refractivity contribution in [2.24, 2.45) is 11.8 Å². The van der Waals surface area contributed by atoms with Crippen molar-refractivity contribution in [1.82, 2.24) is 5.32 Å². The van der Waals surface area contributed by atoms with Crippen LogP contribution in [-0.2, 0) is 14.6 Å². The summed E-state index contributed by atoms with van der Waals surface area (Å²) in [5.41, 5.74) is 3.11. The predicted molar refractivity (Wildman–Crippen MR) is 118 cm³/mol. The molecule has 2 aliphatic rings. The van der Waals surface area contributed by atoms with Gasteiger partial charge in [-0.25, -0.2) is 8.42 Å². The van der Waals surface area contributed by atoms with Crippen molar-refractivity contribution < 1.29 is 13.2 Å². The molecule has 2 bridgehead atoms. The van der Waals surface area contributed by atoms with Gasteiger partial charge in [0.2, 0.25) is 15.7 Å². The van der Waals surface area contributed by atoms with Crippen LogP contribution in [0.1, 0.15) is 42.4 Å². The fourth-order valence-electron chi connectivity index (χ4n) is 5.13. The Morgan fingerprint density at radius 1 is 1.00 bits per heavy atom. The average molecular weight is 427 g/mol. The first kappa shape index (κ1) is 20.9. The van der Waals surface area contributed by atoms with Crippen molar-refractivity contribution in [3.63, 3.8) is 0 Å². The molecule has 3 atom stereocenters. The summed E-state index contributed by atoms with van der Waals surface area (Å²) >= 11 is 0. The van der Waals surface area contributed by atoms with Crippen LogP contribution in [-0.4, -0.2) is 26.9 Å². The summed E-state index contributed by atoms with van der Waals surface area (Å²) in [6, 6.07) is 10.8. The summed E-state index contributed by atoms with van der Waals surface area (Å²) in [5.74, 6) is 1.29. The van der Waals surface area contributed by atoms with E-state index in [1.165, 1.54) is 19.3 Å². The first-order chi connectivity index (χ1) is 14.2. The molecule has 5 nitrogen and oxygen atoms in total. The Kier molecular flexibility index (Phi) is 5.62. The Hall–Kier alpha value is -2.34. The zero-order valence-electron chi connectivity index (χ0n) is 17.9. The summed E-state index contributed by atoms with van der Waals surface area (Å²) in [6.45, 7) is 5.72. The Bertz CT molecular complexity index is 1060. The molecule has 0 aromatic heterocycles. The number of carbonyl (C=O) groups is 1. The van der Waals surface area contributed by atoms with Gasteiger partial charge in [-0.05, 0) is 81.2 Å². The minimum atomic E-state index is -3.71. The number of sulfone groups is 1. The number of anilines is 1. The second-order valence-corrected chi connectivity index (χ2v) is 10.9. The lowest BCUT2D eigenvalue weighted by Gasteiger charge is -2.23. The molecule has 3 unspecified atom stereocenters. The van der Waals surface area contributed by atoms with Crippen molar-refractivity contribution >= 4 is 21.4 Å². The fourth-order valence-corrected chi connectivity index (χ4v) is 6.77. The number of hydrogen-bond acceptors (Lipinski definition) is 4. The van der Waals surface area contributed by atoms with Crippen LogP contribution in [0.2, 0.25) is 0 Å². The smallest absolute Gasteiger partial charge is 0.239 e. The maximum absolute atomic E-state index is 13.4. The fraction of sp³-hybridized carbons (Fsp3) is 0.458. The van der Waals surface area contributed by atoms with E-state index in [1.54, 1.807) is 37.3 Å². The van der Waals surface area contributed by atoms with Gasteiger partial charge in [0.15, 0.2) is 0 Å². The predicted octanol–water partition coefficient (Wildman–Crippen LogP) is 4.16. The van der Waals surface area contributed by atoms with Gasteiger partial charge in [-0.15, -0.1) is 0 Å². The Balaban J connectivity index is 1.54. The van der Waals surface area contributed by atoms with Crippen LogP contribution in [0.25, 0.3) is 0 Å². The molecular weight excluding hydrogens is 396 g/mol. The van der Waals surface area contributed by atoms with Gasteiger partial charge >= 0.3 is 0 Å². The minimum Gasteiger partial charge on any atom is -0.375 e. The van der Waals surface area contributed by atoms with E-state index in [9.17, 15) is 13.2 Å². The number of fused-ring (bicyclic) bond motifs is 2. The lowest BCUT2D eigenvalue weighted by atomic mass is 9.95. The van der Waals surface area contributed by atoms with Gasteiger partial charge in [0, 0.05) is 6.04 Å². The van der Waals surface area contributed by atoms with Crippen molar-refractivity contribution in [3.05, 3.63) is 53.1 Å². The van der Waals surface area contributed by atoms with E-state index in [2.05, 4.69) is 10.6 Å². The topological polar surface area (TPSA) is 75.3 Å². The largest absolute Gasteiger partial charge is 0.375 e. The molecule has 2 saturated carbocycles. The molecule has 1 amide bonds. The summed E-state index contributed by atoms with van der Waals surface area (Å²) in [6.07, 6.45) is 4.80. The number of amides is 1. The second-order valence-electron chi connectivity index (χ2n) is 8.98. The molecule has 2 aromatic carbocycles. The molecule has 160 valence electrons. The molecule has 0 heterocycles. The summed E-state index contributed by atoms with van der Waals surface area (Å²) < 4.78 is 26.7. The molecule has 4 rings (SSSR count). The highest BCUT2D eigenvalue weighted by molar-refractivity contribution is 7.91. The normalized spacial score (nSPS) is 22.8. The lowest BCUT2D eigenvalue weighted by molar-refractivity contribution is -0.120. The third kappa shape index (κ3) is 4.10. The molecule has 0 saturated heterocycles. The van der Waals surface area contributed by atoms with Crippen LogP contribution in [0.3, 0.4) is 0 Å². The summed E-state index contributed by atoms with van der Waals surface area (Å²) in [7, 11) is -3.71. The van der Waals surface area contributed by atoms with Gasteiger partial charge in [-0.2, -0.15) is 0 Å². The second kappa shape index (κ2) is 8.06. The number of hydrogen-bond donors (Lipinski definition) is 2. The monoisotopic (exact) mass is 426 g/mol. The molecule has 2 aromatic rings. The molecule has 0 spiro atoms. The van der Waals surface area contributed by atoms with Crippen LogP contribution in [0.5, 0.6) is 0 Å². The van der Waals surface area contributed by atoms with E-state index in [4.69, 9.17) is 0 Å². The first-order valence-electron chi connectivity index (χ1n) is 10.7. The van der Waals surface area contributed by atoms with E-state index >= 15 is 0 Å². The van der Waals surface area contributed by atoms with E-state index in [0.717, 1.165) is 23.5 Å². The molecule has 30 heavy (non-hydrogen) atoms. The van der Waals surface area contributed by atoms with Crippen LogP contribution >= 0.6 is 0 Å². The summed E-state index contributed by atoms with van der Waals surface area (Å²) in [5, 5.41) is 6.26. The molecular formula is C24H30N2O3S. The van der Waals surface area contributed by atoms with Crippen LogP contribution in [0.15, 0.2) is 46.2 Å². The van der Waals surface area contributed by atoms with Crippen LogP contribution in [0.4, 0.5) is 5.69 Å². The van der Waals surface area contributed by atoms with Crippen molar-refractivity contribution in [1.29, 1.82) is 0 Å². The third-order valence-corrected chi connectivity index (χ3v) is 8.51. The van der Waals surface area contributed by atoms with Crippen LogP contribution in [0, 0.1) is 32.6 Å². The zero-order valence-corrected chi connectivity index (χ0v) is 18.7. The third-order valence-electron chi connectivity index (χ3n) is 6.54. The number of nitrogens with one attached hydrogen (secondary N) is 2. The lowest BCUT2D eigenvalue weighted by Crippen LogP contribution is -2.41. The minimum absolute atomic E-state index is 0.0627. The van der Waals surface area contributed by atoms with Gasteiger partial charge in [0.1, 0.15) is 0 Å². The van der Waals surface area contributed by atoms with Crippen molar-refractivity contribution in [2.75, 3.05) is 11.9 Å². The van der Waals surface area contributed by atoms with E-state index in [1.807, 2.05) is 19.9 Å². The van der Waals surface area contributed by atoms with Gasteiger partial charge in [0.05, 0.1) is 22.0 Å². The highest BCUT2D eigenvalue weighted by Crippen LogP contribution is 2.44. The van der Waals surface area contributed by atoms with Gasteiger partial charge in [-0.1, -0.05) is 30.2 Å². The summed E-state index contributed by atoms with van der Waals surface area (Å²) in [4.78, 5) is 13.1. The van der Waals surface area contributed by atoms with Gasteiger partial charge in [0.25, 0.3) is 0 Å². The zero-order chi connectivity index (χ0) is 21.5. The van der Waals surface area contributed by atoms with E-state index in [0.29, 0.717) is 17.2 Å². The van der Waals surface area contributed by atoms with Crippen molar-refractivity contribution in [2.45, 2.75) is 62.3 Å². The first-order valence-corrected chi connectivity index (χ1v) is 12.2. The Labute approximate surface area is 179 Å². The number of carbonyl (C=O) groups excluding carboxylic acids is 1. The highest BCUT2D eigenvalue weighted by atomic mass is 32.2. The number of rotatable bonds is 6. The van der Waals surface area contributed by atoms with Crippen molar-refractivity contribution in [3.8, 4) is 0 Å². The van der Waals surface area contributed by atoms with Gasteiger partial charge in [-0.3, -0.25) is 4.79 Å². The highest BCUT2D eigenvalue weighted by Gasteiger charge is 2.40. The van der Waals surface area contributed by atoms with Crippen LogP contribution < -0.4 is 10.6 Å². The molecule has 2 fully saturated rings. The van der Waals surface area contributed by atoms with E-state index in [-0.39, 0.29) is 28.3 Å². The Morgan fingerprint density at radius 3 is 2.37 bits per heavy atom. The van der Waals surface area contributed by atoms with E-state index < -0.39 is 9.84 Å². The Morgan fingerprint density at radius 2 is 1.73 bits per heavy atom. The molecule has 2 N–H and O–H groups in total. The molecule has 0 aliphatic heterocycles. The SMILES string of the molecule is Cc1ccc(S(=O)(=O)c2c(C)cc(C)cc2NCC(=O)NC2CC3CCC2C3)cc1. The standard InChI is InChI=1S/C24H30N2O3S/c1-15-4-8-20(9-5-15)30(28,29)24-17(3)10-16(2)11-22(24)25-14-23(27)26-21-13-18-6-7-19(21)12-18/h4-5,8-11,18-19,21,25H,6-7,12-14H2,1-3H3,(H,26,27). The molecule has 2 aliphatic carbocycles. The molecule has 6 heteroatoms. The average Bonchev–Trinajstić information content (AvgIpc) is 3.29. The number of benzene rings is 2. The quantitative estimate of drug-likeness (QED) is 0.727. The maximum Gasteiger partial charge on any atom is 0.239 e. The molecule has 0 radical (unpaired) electrons. The van der Waals surface area contributed by atoms with Gasteiger partial charge < -0.3 is 10.6 Å². The maximum atomic E-state index is 13.4. The number of aryl methyl sites for hydroxylation is 3.